The van der Waals surface area contributed by atoms with E-state index in [1.54, 1.807) is 0 Å². The lowest BCUT2D eigenvalue weighted by molar-refractivity contribution is 0.125. The van der Waals surface area contributed by atoms with E-state index >= 15 is 0 Å². The van der Waals surface area contributed by atoms with Crippen molar-refractivity contribution in [3.8, 4) is 0 Å². The molecule has 0 N–H and O–H groups in total. The normalized spacial score (nSPS) is 10.8. The number of ether oxygens (including phenoxy) is 1. The molecular formula is C11H13FO. The van der Waals surface area contributed by atoms with Crippen molar-refractivity contribution >= 4 is 0 Å². The summed E-state index contributed by atoms with van der Waals surface area (Å²) in [5, 5.41) is 0. The van der Waals surface area contributed by atoms with Gasteiger partial charge in [-0.25, -0.2) is 4.39 Å². The molecular weight excluding hydrogens is 167 g/mol. The first-order valence-corrected chi connectivity index (χ1v) is 4.30. The van der Waals surface area contributed by atoms with Gasteiger partial charge < -0.3 is 4.74 Å². The van der Waals surface area contributed by atoms with E-state index in [1.807, 2.05) is 30.3 Å². The second-order valence-corrected chi connectivity index (χ2v) is 2.69. The minimum absolute atomic E-state index is 0.547. The summed E-state index contributed by atoms with van der Waals surface area (Å²) < 4.78 is 16.8. The van der Waals surface area contributed by atoms with Crippen LogP contribution in [-0.4, -0.2) is 6.61 Å². The van der Waals surface area contributed by atoms with Crippen molar-refractivity contribution in [1.82, 2.24) is 0 Å². The quantitative estimate of drug-likeness (QED) is 0.633. The topological polar surface area (TPSA) is 9.23 Å². The Bertz CT molecular complexity index is 244. The summed E-state index contributed by atoms with van der Waals surface area (Å²) >= 11 is 0. The van der Waals surface area contributed by atoms with Crippen molar-refractivity contribution in [2.75, 3.05) is 6.61 Å². The monoisotopic (exact) mass is 180 g/mol. The average molecular weight is 180 g/mol. The van der Waals surface area contributed by atoms with E-state index in [1.165, 1.54) is 6.08 Å². The van der Waals surface area contributed by atoms with Crippen molar-refractivity contribution in [2.24, 2.45) is 0 Å². The maximum Gasteiger partial charge on any atom is 0.0827 e. The minimum Gasteiger partial charge on any atom is -0.376 e. The van der Waals surface area contributed by atoms with Gasteiger partial charge in [0.05, 0.1) is 19.5 Å². The predicted molar refractivity (Wildman–Crippen MR) is 51.0 cm³/mol. The zero-order valence-corrected chi connectivity index (χ0v) is 7.45. The third kappa shape index (κ3) is 4.43. The van der Waals surface area contributed by atoms with Crippen molar-refractivity contribution < 1.29 is 9.13 Å². The van der Waals surface area contributed by atoms with Crippen LogP contribution in [0, 0.1) is 0 Å². The largest absolute Gasteiger partial charge is 0.376 e. The third-order valence-corrected chi connectivity index (χ3v) is 1.63. The van der Waals surface area contributed by atoms with Gasteiger partial charge in [0, 0.05) is 0 Å². The standard InChI is InChI=1S/C11H13FO/c12-8-4-5-9-13-10-11-6-2-1-3-7-11/h1-4,6-8H,5,9-10H2/b8-4-. The van der Waals surface area contributed by atoms with E-state index in [9.17, 15) is 4.39 Å². The summed E-state index contributed by atoms with van der Waals surface area (Å²) in [7, 11) is 0. The van der Waals surface area contributed by atoms with Gasteiger partial charge in [-0.05, 0) is 12.0 Å². The van der Waals surface area contributed by atoms with Crippen LogP contribution in [0.2, 0.25) is 0 Å². The molecule has 0 aliphatic rings. The van der Waals surface area contributed by atoms with E-state index in [4.69, 9.17) is 4.74 Å². The fourth-order valence-corrected chi connectivity index (χ4v) is 0.979. The summed E-state index contributed by atoms with van der Waals surface area (Å²) in [5.74, 6) is 0. The zero-order chi connectivity index (χ0) is 9.36. The summed E-state index contributed by atoms with van der Waals surface area (Å²) in [5.41, 5.74) is 1.15. The lowest BCUT2D eigenvalue weighted by atomic mass is 10.2. The summed E-state index contributed by atoms with van der Waals surface area (Å²) in [4.78, 5) is 0. The highest BCUT2D eigenvalue weighted by Gasteiger charge is 1.89. The molecule has 0 aromatic heterocycles. The van der Waals surface area contributed by atoms with Crippen LogP contribution in [0.3, 0.4) is 0 Å². The first-order chi connectivity index (χ1) is 6.43. The fraction of sp³-hybridized carbons (Fsp3) is 0.273. The molecule has 0 saturated carbocycles. The molecule has 1 nitrogen and oxygen atoms in total. The zero-order valence-electron chi connectivity index (χ0n) is 7.45. The van der Waals surface area contributed by atoms with Crippen LogP contribution in [0.15, 0.2) is 42.7 Å². The lowest BCUT2D eigenvalue weighted by Gasteiger charge is -2.01. The molecule has 0 radical (unpaired) electrons. The van der Waals surface area contributed by atoms with Crippen molar-refractivity contribution in [3.05, 3.63) is 48.3 Å². The average Bonchev–Trinajstić information content (AvgIpc) is 2.19. The Kier molecular flexibility index (Phi) is 4.87. The molecule has 0 aliphatic heterocycles. The molecule has 1 aromatic rings. The van der Waals surface area contributed by atoms with E-state index in [0.29, 0.717) is 26.0 Å². The third-order valence-electron chi connectivity index (χ3n) is 1.63. The van der Waals surface area contributed by atoms with Gasteiger partial charge in [-0.3, -0.25) is 0 Å². The number of hydrogen-bond acceptors (Lipinski definition) is 1. The molecule has 0 aliphatic carbocycles. The molecule has 0 spiro atoms. The first-order valence-electron chi connectivity index (χ1n) is 4.30. The molecule has 0 saturated heterocycles. The second kappa shape index (κ2) is 6.38. The molecule has 0 atom stereocenters. The molecule has 13 heavy (non-hydrogen) atoms. The Hall–Kier alpha value is -1.15. The van der Waals surface area contributed by atoms with Gasteiger partial charge in [-0.15, -0.1) is 0 Å². The first kappa shape index (κ1) is 9.93. The number of benzene rings is 1. The van der Waals surface area contributed by atoms with Gasteiger partial charge in [0.2, 0.25) is 0 Å². The highest BCUT2D eigenvalue weighted by Crippen LogP contribution is 2.00. The van der Waals surface area contributed by atoms with Gasteiger partial charge in [-0.2, -0.15) is 0 Å². The van der Waals surface area contributed by atoms with Crippen molar-refractivity contribution in [2.45, 2.75) is 13.0 Å². The molecule has 0 heterocycles. The number of rotatable bonds is 5. The Balaban J connectivity index is 2.13. The molecule has 1 aromatic carbocycles. The highest BCUT2D eigenvalue weighted by molar-refractivity contribution is 5.13. The van der Waals surface area contributed by atoms with Crippen LogP contribution in [0.5, 0.6) is 0 Å². The Morgan fingerprint density at radius 1 is 1.23 bits per heavy atom. The van der Waals surface area contributed by atoms with Crippen LogP contribution in [-0.2, 0) is 11.3 Å². The maximum atomic E-state index is 11.5. The van der Waals surface area contributed by atoms with E-state index in [0.717, 1.165) is 5.56 Å². The van der Waals surface area contributed by atoms with E-state index in [2.05, 4.69) is 0 Å². The number of hydrogen-bond donors (Lipinski definition) is 0. The van der Waals surface area contributed by atoms with Gasteiger partial charge >= 0.3 is 0 Å². The Morgan fingerprint density at radius 2 is 2.00 bits per heavy atom. The maximum absolute atomic E-state index is 11.5. The Morgan fingerprint density at radius 3 is 2.69 bits per heavy atom. The SMILES string of the molecule is F/C=C\CCOCc1ccccc1. The van der Waals surface area contributed by atoms with Gasteiger partial charge in [0.1, 0.15) is 0 Å². The fourth-order valence-electron chi connectivity index (χ4n) is 0.979. The van der Waals surface area contributed by atoms with Gasteiger partial charge in [-0.1, -0.05) is 36.4 Å². The predicted octanol–water partition coefficient (Wildman–Crippen LogP) is 3.08. The number of halogens is 1. The van der Waals surface area contributed by atoms with Crippen molar-refractivity contribution in [1.29, 1.82) is 0 Å². The highest BCUT2D eigenvalue weighted by atomic mass is 19.1. The van der Waals surface area contributed by atoms with E-state index in [-0.39, 0.29) is 0 Å². The van der Waals surface area contributed by atoms with Crippen LogP contribution >= 0.6 is 0 Å². The Labute approximate surface area is 77.8 Å². The second-order valence-electron chi connectivity index (χ2n) is 2.69. The van der Waals surface area contributed by atoms with Crippen molar-refractivity contribution in [3.63, 3.8) is 0 Å². The molecule has 0 amide bonds. The van der Waals surface area contributed by atoms with Crippen LogP contribution in [0.1, 0.15) is 12.0 Å². The minimum atomic E-state index is 0.547. The summed E-state index contributed by atoms with van der Waals surface area (Å²) in [6.07, 6.45) is 2.63. The molecule has 1 rings (SSSR count). The molecule has 2 heteroatoms. The van der Waals surface area contributed by atoms with Crippen LogP contribution < -0.4 is 0 Å². The molecule has 70 valence electrons. The van der Waals surface area contributed by atoms with Crippen LogP contribution in [0.25, 0.3) is 0 Å². The van der Waals surface area contributed by atoms with E-state index < -0.39 is 0 Å². The molecule has 0 bridgehead atoms. The summed E-state index contributed by atoms with van der Waals surface area (Å²) in [6.45, 7) is 1.16. The van der Waals surface area contributed by atoms with Gasteiger partial charge in [0.15, 0.2) is 0 Å². The van der Waals surface area contributed by atoms with Gasteiger partial charge in [0.25, 0.3) is 0 Å². The van der Waals surface area contributed by atoms with Crippen LogP contribution in [0.4, 0.5) is 4.39 Å². The summed E-state index contributed by atoms with van der Waals surface area (Å²) in [6, 6.07) is 9.92. The molecule has 0 fully saturated rings. The molecule has 0 unspecified atom stereocenters. The lowest BCUT2D eigenvalue weighted by Crippen LogP contribution is -1.93. The smallest absolute Gasteiger partial charge is 0.0827 e.